The first-order valence-corrected chi connectivity index (χ1v) is 7.37. The molecule has 0 saturated heterocycles. The normalized spacial score (nSPS) is 11.3. The molecule has 2 rings (SSSR count). The molecular weight excluding hydrogens is 346 g/mol. The molecule has 0 spiro atoms. The van der Waals surface area contributed by atoms with Crippen LogP contribution < -0.4 is 14.8 Å². The quantitative estimate of drug-likeness (QED) is 0.592. The van der Waals surface area contributed by atoms with Crippen molar-refractivity contribution in [2.45, 2.75) is 13.0 Å². The maximum absolute atomic E-state index is 12.3. The van der Waals surface area contributed by atoms with Gasteiger partial charge < -0.3 is 14.8 Å². The molecular formula is C16H15N3O7. The number of carbonyl (C=O) groups excluding carboxylic acids is 1. The topological polar surface area (TPSA) is 134 Å². The lowest BCUT2D eigenvalue weighted by atomic mass is 10.2. The van der Waals surface area contributed by atoms with Crippen molar-refractivity contribution in [1.82, 2.24) is 0 Å². The van der Waals surface area contributed by atoms with Crippen LogP contribution in [-0.2, 0) is 4.79 Å². The molecule has 0 aromatic heterocycles. The van der Waals surface area contributed by atoms with E-state index in [0.717, 1.165) is 6.07 Å². The maximum Gasteiger partial charge on any atom is 0.310 e. The van der Waals surface area contributed by atoms with E-state index in [2.05, 4.69) is 5.32 Å². The number of benzene rings is 2. The van der Waals surface area contributed by atoms with Gasteiger partial charge in [-0.25, -0.2) is 0 Å². The Bertz CT molecular complexity index is 853. The lowest BCUT2D eigenvalue weighted by Crippen LogP contribution is -2.30. The van der Waals surface area contributed by atoms with Crippen molar-refractivity contribution < 1.29 is 24.1 Å². The Morgan fingerprint density at radius 2 is 1.77 bits per heavy atom. The number of carbonyl (C=O) groups is 1. The first-order chi connectivity index (χ1) is 12.3. The summed E-state index contributed by atoms with van der Waals surface area (Å²) in [6.07, 6.45) is -1.10. The molecule has 0 fully saturated rings. The van der Waals surface area contributed by atoms with E-state index in [1.807, 2.05) is 0 Å². The Morgan fingerprint density at radius 1 is 1.08 bits per heavy atom. The van der Waals surface area contributed by atoms with Gasteiger partial charge in [-0.3, -0.25) is 25.0 Å². The first kappa shape index (κ1) is 18.6. The van der Waals surface area contributed by atoms with Crippen molar-refractivity contribution >= 4 is 23.0 Å². The predicted octanol–water partition coefficient (Wildman–Crippen LogP) is 2.92. The molecule has 10 heteroatoms. The largest absolute Gasteiger partial charge is 0.495 e. The van der Waals surface area contributed by atoms with Crippen LogP contribution in [0.5, 0.6) is 11.5 Å². The number of nitro groups is 2. The predicted molar refractivity (Wildman–Crippen MR) is 91.5 cm³/mol. The fourth-order valence-corrected chi connectivity index (χ4v) is 2.09. The van der Waals surface area contributed by atoms with Gasteiger partial charge in [-0.2, -0.15) is 0 Å². The first-order valence-electron chi connectivity index (χ1n) is 7.37. The summed E-state index contributed by atoms with van der Waals surface area (Å²) >= 11 is 0. The molecule has 0 heterocycles. The smallest absolute Gasteiger partial charge is 0.310 e. The minimum atomic E-state index is -1.10. The number of nitrogens with zero attached hydrogens (tertiary/aromatic N) is 2. The summed E-state index contributed by atoms with van der Waals surface area (Å²) in [5, 5.41) is 24.3. The molecule has 0 saturated carbocycles. The molecule has 26 heavy (non-hydrogen) atoms. The summed E-state index contributed by atoms with van der Waals surface area (Å²) in [5.74, 6) is -0.491. The van der Waals surface area contributed by atoms with Crippen LogP contribution in [0, 0.1) is 20.2 Å². The van der Waals surface area contributed by atoms with Crippen LogP contribution >= 0.6 is 0 Å². The molecule has 0 unspecified atom stereocenters. The Kier molecular flexibility index (Phi) is 5.68. The molecule has 0 aliphatic heterocycles. The van der Waals surface area contributed by atoms with Crippen LogP contribution in [0.25, 0.3) is 0 Å². The molecule has 0 radical (unpaired) electrons. The lowest BCUT2D eigenvalue weighted by Gasteiger charge is -2.16. The molecule has 1 amide bonds. The van der Waals surface area contributed by atoms with Crippen LogP contribution in [-0.4, -0.2) is 29.0 Å². The zero-order valence-corrected chi connectivity index (χ0v) is 13.9. The molecule has 136 valence electrons. The highest BCUT2D eigenvalue weighted by Gasteiger charge is 2.22. The van der Waals surface area contributed by atoms with E-state index in [4.69, 9.17) is 9.47 Å². The fraction of sp³-hybridized carbons (Fsp3) is 0.188. The molecule has 1 N–H and O–H groups in total. The van der Waals surface area contributed by atoms with Gasteiger partial charge in [-0.1, -0.05) is 12.1 Å². The number of nitro benzene ring substituents is 2. The van der Waals surface area contributed by atoms with Gasteiger partial charge in [0.1, 0.15) is 5.75 Å². The second kappa shape index (κ2) is 7.92. The van der Waals surface area contributed by atoms with Crippen LogP contribution in [0.2, 0.25) is 0 Å². The second-order valence-corrected chi connectivity index (χ2v) is 5.12. The van der Waals surface area contributed by atoms with Gasteiger partial charge in [0.15, 0.2) is 11.9 Å². The Hall–Kier alpha value is -3.69. The van der Waals surface area contributed by atoms with Crippen molar-refractivity contribution in [3.8, 4) is 11.5 Å². The number of nitrogens with one attached hydrogen (secondary N) is 1. The molecule has 0 aliphatic rings. The van der Waals surface area contributed by atoms with Crippen LogP contribution in [0.15, 0.2) is 42.5 Å². The molecule has 2 aromatic carbocycles. The number of rotatable bonds is 7. The fourth-order valence-electron chi connectivity index (χ4n) is 2.09. The van der Waals surface area contributed by atoms with Gasteiger partial charge in [-0.05, 0) is 19.1 Å². The zero-order valence-electron chi connectivity index (χ0n) is 13.9. The number of ether oxygens (including phenoxy) is 2. The lowest BCUT2D eigenvalue weighted by molar-refractivity contribution is -0.386. The summed E-state index contributed by atoms with van der Waals surface area (Å²) < 4.78 is 10.4. The number of amides is 1. The minimum absolute atomic E-state index is 0.0637. The molecule has 0 aliphatic carbocycles. The number of hydrogen-bond acceptors (Lipinski definition) is 7. The summed E-state index contributed by atoms with van der Waals surface area (Å²) in [6.45, 7) is 1.40. The van der Waals surface area contributed by atoms with Crippen LogP contribution in [0.1, 0.15) is 6.92 Å². The van der Waals surface area contributed by atoms with Gasteiger partial charge in [0.05, 0.1) is 22.6 Å². The van der Waals surface area contributed by atoms with Crippen molar-refractivity contribution in [2.75, 3.05) is 12.4 Å². The second-order valence-electron chi connectivity index (χ2n) is 5.12. The third-order valence-electron chi connectivity index (χ3n) is 3.39. The van der Waals surface area contributed by atoms with Crippen molar-refractivity contribution in [1.29, 1.82) is 0 Å². The monoisotopic (exact) mass is 361 g/mol. The van der Waals surface area contributed by atoms with Gasteiger partial charge >= 0.3 is 5.69 Å². The number of non-ortho nitro benzene ring substituents is 1. The van der Waals surface area contributed by atoms with E-state index < -0.39 is 21.9 Å². The van der Waals surface area contributed by atoms with Crippen LogP contribution in [0.3, 0.4) is 0 Å². The molecule has 10 nitrogen and oxygen atoms in total. The number of hydrogen-bond donors (Lipinski definition) is 1. The van der Waals surface area contributed by atoms with Gasteiger partial charge in [0, 0.05) is 18.2 Å². The summed E-state index contributed by atoms with van der Waals surface area (Å²) in [5.41, 5.74) is -0.418. The van der Waals surface area contributed by atoms with E-state index in [-0.39, 0.29) is 28.6 Å². The highest BCUT2D eigenvalue weighted by Crippen LogP contribution is 2.30. The Labute approximate surface area is 147 Å². The summed E-state index contributed by atoms with van der Waals surface area (Å²) in [7, 11) is 1.35. The van der Waals surface area contributed by atoms with E-state index >= 15 is 0 Å². The number of para-hydroxylation sites is 2. The highest BCUT2D eigenvalue weighted by molar-refractivity contribution is 5.95. The number of anilines is 1. The van der Waals surface area contributed by atoms with Gasteiger partial charge in [0.25, 0.3) is 11.6 Å². The summed E-state index contributed by atoms with van der Waals surface area (Å²) in [6, 6.07) is 9.37. The Balaban J connectivity index is 2.19. The standard InChI is InChI=1S/C16H15N3O7/c1-10(26-15-6-4-3-5-13(15)19(23)24)16(20)17-12-9-11(18(21)22)7-8-14(12)25-2/h3-10H,1-2H3,(H,17,20)/t10-/m0/s1. The Morgan fingerprint density at radius 3 is 2.38 bits per heavy atom. The van der Waals surface area contributed by atoms with E-state index in [1.165, 1.54) is 50.4 Å². The van der Waals surface area contributed by atoms with E-state index in [9.17, 15) is 25.0 Å². The van der Waals surface area contributed by atoms with Crippen LogP contribution in [0.4, 0.5) is 17.1 Å². The maximum atomic E-state index is 12.3. The molecule has 1 atom stereocenters. The minimum Gasteiger partial charge on any atom is -0.495 e. The third kappa shape index (κ3) is 4.23. The summed E-state index contributed by atoms with van der Waals surface area (Å²) in [4.78, 5) is 33.0. The SMILES string of the molecule is COc1ccc([N+](=O)[O-])cc1NC(=O)[C@H](C)Oc1ccccc1[N+](=O)[O-]. The van der Waals surface area contributed by atoms with E-state index in [0.29, 0.717) is 0 Å². The van der Waals surface area contributed by atoms with Crippen molar-refractivity contribution in [3.05, 3.63) is 62.7 Å². The zero-order chi connectivity index (χ0) is 19.3. The number of methoxy groups -OCH3 is 1. The average Bonchev–Trinajstić information content (AvgIpc) is 2.61. The van der Waals surface area contributed by atoms with Gasteiger partial charge in [0.2, 0.25) is 0 Å². The van der Waals surface area contributed by atoms with E-state index in [1.54, 1.807) is 0 Å². The third-order valence-corrected chi connectivity index (χ3v) is 3.39. The highest BCUT2D eigenvalue weighted by atomic mass is 16.6. The molecule has 2 aromatic rings. The van der Waals surface area contributed by atoms with Gasteiger partial charge in [-0.15, -0.1) is 0 Å². The van der Waals surface area contributed by atoms with Crippen molar-refractivity contribution in [3.63, 3.8) is 0 Å². The molecule has 0 bridgehead atoms. The average molecular weight is 361 g/mol. The van der Waals surface area contributed by atoms with Crippen molar-refractivity contribution in [2.24, 2.45) is 0 Å².